The van der Waals surface area contributed by atoms with Crippen molar-refractivity contribution in [1.29, 1.82) is 0 Å². The number of aryl methyl sites for hydroxylation is 1. The predicted octanol–water partition coefficient (Wildman–Crippen LogP) is 4.04. The predicted molar refractivity (Wildman–Crippen MR) is 73.8 cm³/mol. The van der Waals surface area contributed by atoms with Gasteiger partial charge in [0.2, 0.25) is 0 Å². The first-order chi connectivity index (χ1) is 8.66. The third kappa shape index (κ3) is 1.67. The Labute approximate surface area is 107 Å². The molecule has 1 aliphatic rings. The lowest BCUT2D eigenvalue weighted by atomic mass is 9.95. The number of Topliss-reactive ketones (excluding diaryl/α,β-unsaturated/α-hetero) is 1. The van der Waals surface area contributed by atoms with Crippen molar-refractivity contribution in [2.75, 3.05) is 0 Å². The van der Waals surface area contributed by atoms with Crippen molar-refractivity contribution in [2.45, 2.75) is 20.3 Å². The molecular weight excluding hydrogens is 220 g/mol. The molecule has 0 saturated heterocycles. The second-order valence-corrected chi connectivity index (χ2v) is 5.18. The summed E-state index contributed by atoms with van der Waals surface area (Å²) in [7, 11) is 0. The van der Waals surface area contributed by atoms with Crippen LogP contribution < -0.4 is 0 Å². The van der Waals surface area contributed by atoms with E-state index in [1.54, 1.807) is 0 Å². The van der Waals surface area contributed by atoms with Crippen LogP contribution in [0.25, 0.3) is 11.1 Å². The van der Waals surface area contributed by atoms with Crippen LogP contribution in [-0.4, -0.2) is 5.78 Å². The number of rotatable bonds is 1. The van der Waals surface area contributed by atoms with Crippen molar-refractivity contribution < 1.29 is 4.79 Å². The molecule has 0 heterocycles. The van der Waals surface area contributed by atoms with Crippen LogP contribution in [0.3, 0.4) is 0 Å². The van der Waals surface area contributed by atoms with E-state index in [1.165, 1.54) is 11.1 Å². The summed E-state index contributed by atoms with van der Waals surface area (Å²) in [5.74, 6) is 0.424. The van der Waals surface area contributed by atoms with Gasteiger partial charge in [-0.05, 0) is 30.0 Å². The summed E-state index contributed by atoms with van der Waals surface area (Å²) in [5.41, 5.74) is 5.60. The highest BCUT2D eigenvalue weighted by atomic mass is 16.1. The minimum absolute atomic E-state index is 0.131. The zero-order chi connectivity index (χ0) is 12.7. The molecule has 0 fully saturated rings. The van der Waals surface area contributed by atoms with Gasteiger partial charge in [0, 0.05) is 11.5 Å². The third-order valence-electron chi connectivity index (χ3n) is 3.73. The maximum atomic E-state index is 12.3. The lowest BCUT2D eigenvalue weighted by molar-refractivity contribution is 0.0947. The second kappa shape index (κ2) is 4.09. The van der Waals surface area contributed by atoms with Crippen LogP contribution in [0.5, 0.6) is 0 Å². The summed E-state index contributed by atoms with van der Waals surface area (Å²) in [6.07, 6.45) is 0.883. The molecule has 0 radical (unpaired) electrons. The van der Waals surface area contributed by atoms with Gasteiger partial charge in [0.25, 0.3) is 0 Å². The smallest absolute Gasteiger partial charge is 0.166 e. The zero-order valence-electron chi connectivity index (χ0n) is 10.7. The van der Waals surface area contributed by atoms with Gasteiger partial charge in [-0.2, -0.15) is 0 Å². The quantitative estimate of drug-likeness (QED) is 0.730. The molecule has 0 N–H and O–H groups in total. The van der Waals surface area contributed by atoms with Crippen LogP contribution in [0, 0.1) is 12.8 Å². The van der Waals surface area contributed by atoms with Gasteiger partial charge in [-0.25, -0.2) is 0 Å². The number of benzene rings is 2. The standard InChI is InChI=1S/C17H16O/c1-11-6-8-13(9-7-11)15-5-3-4-14-10-12(2)17(18)16(14)15/h3-9,12H,10H2,1-2H3. The van der Waals surface area contributed by atoms with E-state index < -0.39 is 0 Å². The normalized spacial score (nSPS) is 17.9. The number of carbonyl (C=O) groups excluding carboxylic acids is 1. The molecule has 2 aromatic carbocycles. The molecule has 1 atom stereocenters. The minimum Gasteiger partial charge on any atom is -0.294 e. The van der Waals surface area contributed by atoms with Crippen LogP contribution in [0.1, 0.15) is 28.4 Å². The first-order valence-electron chi connectivity index (χ1n) is 6.40. The fraction of sp³-hybridized carbons (Fsp3) is 0.235. The fourth-order valence-corrected chi connectivity index (χ4v) is 2.70. The average Bonchev–Trinajstić information content (AvgIpc) is 2.66. The maximum absolute atomic E-state index is 12.3. The average molecular weight is 236 g/mol. The Morgan fingerprint density at radius 2 is 1.78 bits per heavy atom. The Morgan fingerprint density at radius 1 is 1.06 bits per heavy atom. The number of hydrogen-bond acceptors (Lipinski definition) is 1. The van der Waals surface area contributed by atoms with Crippen LogP contribution in [0.15, 0.2) is 42.5 Å². The van der Waals surface area contributed by atoms with E-state index >= 15 is 0 Å². The number of hydrogen-bond donors (Lipinski definition) is 0. The SMILES string of the molecule is Cc1ccc(-c2cccc3c2C(=O)C(C)C3)cc1. The molecule has 3 rings (SSSR count). The van der Waals surface area contributed by atoms with Crippen molar-refractivity contribution in [2.24, 2.45) is 5.92 Å². The van der Waals surface area contributed by atoms with Gasteiger partial charge in [-0.3, -0.25) is 4.79 Å². The summed E-state index contributed by atoms with van der Waals surface area (Å²) in [4.78, 5) is 12.3. The lowest BCUT2D eigenvalue weighted by Crippen LogP contribution is -2.04. The van der Waals surface area contributed by atoms with Crippen molar-refractivity contribution >= 4 is 5.78 Å². The Morgan fingerprint density at radius 3 is 2.50 bits per heavy atom. The summed E-state index contributed by atoms with van der Waals surface area (Å²) in [6.45, 7) is 4.09. The molecule has 1 aliphatic carbocycles. The van der Waals surface area contributed by atoms with E-state index in [9.17, 15) is 4.79 Å². The number of fused-ring (bicyclic) bond motifs is 1. The van der Waals surface area contributed by atoms with Crippen molar-refractivity contribution in [3.05, 3.63) is 59.2 Å². The highest BCUT2D eigenvalue weighted by Crippen LogP contribution is 2.34. The Balaban J connectivity index is 2.18. The van der Waals surface area contributed by atoms with Crippen molar-refractivity contribution in [1.82, 2.24) is 0 Å². The molecule has 2 aromatic rings. The Bertz CT molecular complexity index is 608. The van der Waals surface area contributed by atoms with Crippen LogP contribution in [0.2, 0.25) is 0 Å². The van der Waals surface area contributed by atoms with Gasteiger partial charge in [-0.1, -0.05) is 55.0 Å². The molecule has 0 aromatic heterocycles. The van der Waals surface area contributed by atoms with Gasteiger partial charge >= 0.3 is 0 Å². The molecular formula is C17H16O. The first kappa shape index (κ1) is 11.2. The molecule has 18 heavy (non-hydrogen) atoms. The van der Waals surface area contributed by atoms with Gasteiger partial charge in [0.1, 0.15) is 0 Å². The second-order valence-electron chi connectivity index (χ2n) is 5.18. The molecule has 0 aliphatic heterocycles. The molecule has 0 bridgehead atoms. The largest absolute Gasteiger partial charge is 0.294 e. The Kier molecular flexibility index (Phi) is 2.55. The lowest BCUT2D eigenvalue weighted by Gasteiger charge is -2.08. The molecule has 1 heteroatoms. The van der Waals surface area contributed by atoms with E-state index in [0.29, 0.717) is 5.78 Å². The molecule has 0 amide bonds. The molecule has 0 spiro atoms. The van der Waals surface area contributed by atoms with E-state index in [-0.39, 0.29) is 5.92 Å². The van der Waals surface area contributed by atoms with Crippen LogP contribution in [0.4, 0.5) is 0 Å². The summed E-state index contributed by atoms with van der Waals surface area (Å²) in [5, 5.41) is 0. The number of ketones is 1. The maximum Gasteiger partial charge on any atom is 0.166 e. The van der Waals surface area contributed by atoms with Gasteiger partial charge in [-0.15, -0.1) is 0 Å². The van der Waals surface area contributed by atoms with Crippen molar-refractivity contribution in [3.63, 3.8) is 0 Å². The monoisotopic (exact) mass is 236 g/mol. The molecule has 1 unspecified atom stereocenters. The molecule has 1 nitrogen and oxygen atoms in total. The van der Waals surface area contributed by atoms with Crippen LogP contribution in [-0.2, 0) is 6.42 Å². The van der Waals surface area contributed by atoms with Crippen LogP contribution >= 0.6 is 0 Å². The van der Waals surface area contributed by atoms with Gasteiger partial charge in [0.05, 0.1) is 0 Å². The van der Waals surface area contributed by atoms with E-state index in [2.05, 4.69) is 49.4 Å². The highest BCUT2D eigenvalue weighted by Gasteiger charge is 2.29. The molecule has 0 saturated carbocycles. The summed E-state index contributed by atoms with van der Waals surface area (Å²) < 4.78 is 0. The van der Waals surface area contributed by atoms with Gasteiger partial charge in [0.15, 0.2) is 5.78 Å². The van der Waals surface area contributed by atoms with E-state index in [4.69, 9.17) is 0 Å². The molecule has 90 valence electrons. The van der Waals surface area contributed by atoms with Gasteiger partial charge < -0.3 is 0 Å². The highest BCUT2D eigenvalue weighted by molar-refractivity contribution is 6.07. The zero-order valence-corrected chi connectivity index (χ0v) is 10.7. The minimum atomic E-state index is 0.131. The fourth-order valence-electron chi connectivity index (χ4n) is 2.70. The van der Waals surface area contributed by atoms with E-state index in [0.717, 1.165) is 23.1 Å². The Hall–Kier alpha value is -1.89. The third-order valence-corrected chi connectivity index (χ3v) is 3.73. The first-order valence-corrected chi connectivity index (χ1v) is 6.40. The summed E-state index contributed by atoms with van der Waals surface area (Å²) in [6, 6.07) is 14.6. The van der Waals surface area contributed by atoms with E-state index in [1.807, 2.05) is 6.92 Å². The topological polar surface area (TPSA) is 17.1 Å². The number of carbonyl (C=O) groups is 1. The van der Waals surface area contributed by atoms with Crippen molar-refractivity contribution in [3.8, 4) is 11.1 Å². The summed E-state index contributed by atoms with van der Waals surface area (Å²) >= 11 is 0.